The highest BCUT2D eigenvalue weighted by atomic mass is 16.5. The third kappa shape index (κ3) is 2.90. The molecular formula is C23H33N2O3+. The lowest BCUT2D eigenvalue weighted by atomic mass is 9.52. The Balaban J connectivity index is 1.28. The van der Waals surface area contributed by atoms with Gasteiger partial charge in [0.25, 0.3) is 5.91 Å². The second-order valence-electron chi connectivity index (χ2n) is 9.63. The van der Waals surface area contributed by atoms with Crippen molar-refractivity contribution in [2.75, 3.05) is 40.4 Å². The lowest BCUT2D eigenvalue weighted by Crippen LogP contribution is -3.23. The lowest BCUT2D eigenvalue weighted by Gasteiger charge is -2.59. The van der Waals surface area contributed by atoms with Crippen LogP contribution in [-0.2, 0) is 0 Å². The topological polar surface area (TPSA) is 43.2 Å². The monoisotopic (exact) mass is 385 g/mol. The van der Waals surface area contributed by atoms with Crippen LogP contribution in [0.5, 0.6) is 11.5 Å². The van der Waals surface area contributed by atoms with Gasteiger partial charge in [-0.2, -0.15) is 0 Å². The van der Waals surface area contributed by atoms with E-state index in [1.54, 1.807) is 19.1 Å². The number of quaternary nitrogens is 1. The van der Waals surface area contributed by atoms with Crippen molar-refractivity contribution in [3.63, 3.8) is 0 Å². The molecule has 1 saturated heterocycles. The average molecular weight is 386 g/mol. The molecule has 6 rings (SSSR count). The molecule has 1 amide bonds. The van der Waals surface area contributed by atoms with E-state index in [1.165, 1.54) is 38.5 Å². The van der Waals surface area contributed by atoms with Crippen LogP contribution in [0.25, 0.3) is 0 Å². The molecular weight excluding hydrogens is 352 g/mol. The molecule has 1 aromatic rings. The summed E-state index contributed by atoms with van der Waals surface area (Å²) in [4.78, 5) is 17.0. The van der Waals surface area contributed by atoms with Crippen molar-refractivity contribution in [2.45, 2.75) is 44.1 Å². The first kappa shape index (κ1) is 18.3. The van der Waals surface area contributed by atoms with Gasteiger partial charge in [-0.15, -0.1) is 0 Å². The fourth-order valence-corrected chi connectivity index (χ4v) is 7.28. The molecule has 5 fully saturated rings. The molecule has 5 aliphatic rings. The van der Waals surface area contributed by atoms with Crippen molar-refractivity contribution in [1.29, 1.82) is 0 Å². The fourth-order valence-electron chi connectivity index (χ4n) is 7.28. The summed E-state index contributed by atoms with van der Waals surface area (Å²) in [5, 5.41) is 0. The Kier molecular flexibility index (Phi) is 4.53. The van der Waals surface area contributed by atoms with Crippen LogP contribution < -0.4 is 14.4 Å². The highest BCUT2D eigenvalue weighted by Gasteiger charge is 2.56. The predicted molar refractivity (Wildman–Crippen MR) is 107 cm³/mol. The van der Waals surface area contributed by atoms with Crippen molar-refractivity contribution in [3.05, 3.63) is 23.8 Å². The number of amides is 1. The zero-order valence-corrected chi connectivity index (χ0v) is 17.2. The van der Waals surface area contributed by atoms with Crippen LogP contribution in [0.1, 0.15) is 48.9 Å². The summed E-state index contributed by atoms with van der Waals surface area (Å²) in [5.74, 6) is 4.19. The first-order valence-electron chi connectivity index (χ1n) is 11.0. The highest BCUT2D eigenvalue weighted by molar-refractivity contribution is 5.97. The number of para-hydroxylation sites is 1. The first-order valence-corrected chi connectivity index (χ1v) is 11.0. The number of ether oxygens (including phenoxy) is 2. The summed E-state index contributed by atoms with van der Waals surface area (Å²) in [6.07, 6.45) is 8.79. The molecule has 0 spiro atoms. The Morgan fingerprint density at radius 3 is 2.14 bits per heavy atom. The molecule has 4 aliphatic carbocycles. The van der Waals surface area contributed by atoms with E-state index in [1.807, 2.05) is 23.1 Å². The maximum atomic E-state index is 13.2. The molecule has 1 heterocycles. The van der Waals surface area contributed by atoms with Crippen molar-refractivity contribution in [1.82, 2.24) is 4.90 Å². The molecule has 5 heteroatoms. The van der Waals surface area contributed by atoms with Gasteiger partial charge in [-0.3, -0.25) is 4.79 Å². The molecule has 1 aliphatic heterocycles. The molecule has 152 valence electrons. The molecule has 0 radical (unpaired) electrons. The maximum Gasteiger partial charge on any atom is 0.258 e. The number of nitrogens with zero attached hydrogens (tertiary/aromatic N) is 1. The zero-order chi connectivity index (χ0) is 19.3. The van der Waals surface area contributed by atoms with E-state index in [0.717, 1.165) is 43.9 Å². The van der Waals surface area contributed by atoms with Crippen molar-refractivity contribution >= 4 is 5.91 Å². The summed E-state index contributed by atoms with van der Waals surface area (Å²) < 4.78 is 10.9. The normalized spacial score (nSPS) is 34.5. The molecule has 5 nitrogen and oxygen atoms in total. The summed E-state index contributed by atoms with van der Waals surface area (Å²) in [6, 6.07) is 5.55. The van der Waals surface area contributed by atoms with Crippen LogP contribution in [0, 0.1) is 17.8 Å². The molecule has 4 bridgehead atoms. The van der Waals surface area contributed by atoms with Crippen LogP contribution in [0.4, 0.5) is 0 Å². The van der Waals surface area contributed by atoms with Crippen LogP contribution in [0.2, 0.25) is 0 Å². The molecule has 0 unspecified atom stereocenters. The van der Waals surface area contributed by atoms with Gasteiger partial charge in [-0.05, 0) is 49.1 Å². The number of piperazine rings is 1. The fraction of sp³-hybridized carbons (Fsp3) is 0.696. The van der Waals surface area contributed by atoms with Crippen LogP contribution >= 0.6 is 0 Å². The lowest BCUT2D eigenvalue weighted by molar-refractivity contribution is -0.962. The van der Waals surface area contributed by atoms with Gasteiger partial charge in [0.05, 0.1) is 51.5 Å². The van der Waals surface area contributed by atoms with E-state index in [2.05, 4.69) is 0 Å². The standard InChI is InChI=1S/C23H32N2O3/c1-27-20-5-3-4-19(21(20)28-2)22(26)24-6-8-25(9-7-24)23-13-16-10-17(14-23)12-18(11-16)15-23/h3-5,16-18H,6-15H2,1-2H3/p+1. The Morgan fingerprint density at radius 2 is 1.61 bits per heavy atom. The first-order chi connectivity index (χ1) is 13.6. The third-order valence-corrected chi connectivity index (χ3v) is 8.08. The summed E-state index contributed by atoms with van der Waals surface area (Å²) >= 11 is 0. The van der Waals surface area contributed by atoms with Gasteiger partial charge in [-0.1, -0.05) is 6.07 Å². The number of methoxy groups -OCH3 is 2. The Bertz CT molecular complexity index is 719. The highest BCUT2D eigenvalue weighted by Crippen LogP contribution is 2.54. The van der Waals surface area contributed by atoms with Crippen LogP contribution in [0.3, 0.4) is 0 Å². The summed E-state index contributed by atoms with van der Waals surface area (Å²) in [7, 11) is 3.21. The van der Waals surface area contributed by atoms with E-state index in [-0.39, 0.29) is 5.91 Å². The molecule has 28 heavy (non-hydrogen) atoms. The van der Waals surface area contributed by atoms with Crippen LogP contribution in [0.15, 0.2) is 18.2 Å². The minimum absolute atomic E-state index is 0.0697. The Labute approximate surface area is 168 Å². The minimum atomic E-state index is 0.0697. The van der Waals surface area contributed by atoms with E-state index in [0.29, 0.717) is 22.6 Å². The van der Waals surface area contributed by atoms with Gasteiger partial charge in [-0.25, -0.2) is 0 Å². The van der Waals surface area contributed by atoms with Crippen molar-refractivity contribution in [3.8, 4) is 11.5 Å². The van der Waals surface area contributed by atoms with Gasteiger partial charge in [0.2, 0.25) is 0 Å². The predicted octanol–water partition coefficient (Wildman–Crippen LogP) is 2.01. The van der Waals surface area contributed by atoms with Gasteiger partial charge in [0.15, 0.2) is 11.5 Å². The average Bonchev–Trinajstić information content (AvgIpc) is 2.71. The quantitative estimate of drug-likeness (QED) is 0.862. The van der Waals surface area contributed by atoms with Gasteiger partial charge in [0.1, 0.15) is 0 Å². The van der Waals surface area contributed by atoms with E-state index < -0.39 is 0 Å². The number of hydrogen-bond donors (Lipinski definition) is 1. The molecule has 0 aromatic heterocycles. The molecule has 0 atom stereocenters. The number of carbonyl (C=O) groups excluding carboxylic acids is 1. The van der Waals surface area contributed by atoms with Crippen molar-refractivity contribution < 1.29 is 19.2 Å². The largest absolute Gasteiger partial charge is 0.493 e. The third-order valence-electron chi connectivity index (χ3n) is 8.08. The minimum Gasteiger partial charge on any atom is -0.493 e. The number of nitrogens with one attached hydrogen (secondary N) is 1. The maximum absolute atomic E-state index is 13.2. The number of benzene rings is 1. The SMILES string of the molecule is COc1cccc(C(=O)N2CC[NH+](C34CC5CC(CC(C5)C3)C4)CC2)c1OC. The second-order valence-corrected chi connectivity index (χ2v) is 9.63. The molecule has 1 aromatic carbocycles. The van der Waals surface area contributed by atoms with Crippen molar-refractivity contribution in [2.24, 2.45) is 17.8 Å². The number of hydrogen-bond acceptors (Lipinski definition) is 3. The van der Waals surface area contributed by atoms with Gasteiger partial charge in [0, 0.05) is 19.3 Å². The second kappa shape index (κ2) is 6.94. The summed E-state index contributed by atoms with van der Waals surface area (Å²) in [5.41, 5.74) is 1.14. The zero-order valence-electron chi connectivity index (χ0n) is 17.2. The molecule has 4 saturated carbocycles. The van der Waals surface area contributed by atoms with E-state index in [9.17, 15) is 4.79 Å². The summed E-state index contributed by atoms with van der Waals surface area (Å²) in [6.45, 7) is 3.86. The Morgan fingerprint density at radius 1 is 1.00 bits per heavy atom. The smallest absolute Gasteiger partial charge is 0.258 e. The number of carbonyl (C=O) groups is 1. The van der Waals surface area contributed by atoms with E-state index in [4.69, 9.17) is 9.47 Å². The Hall–Kier alpha value is -1.75. The number of rotatable bonds is 4. The van der Waals surface area contributed by atoms with Gasteiger partial charge >= 0.3 is 0 Å². The molecule has 1 N–H and O–H groups in total. The van der Waals surface area contributed by atoms with Gasteiger partial charge < -0.3 is 19.3 Å². The van der Waals surface area contributed by atoms with E-state index >= 15 is 0 Å². The van der Waals surface area contributed by atoms with Crippen LogP contribution in [-0.4, -0.2) is 56.7 Å².